The second-order valence-corrected chi connectivity index (χ2v) is 8.80. The first-order valence-electron chi connectivity index (χ1n) is 10.2. The van der Waals surface area contributed by atoms with Crippen molar-refractivity contribution in [3.63, 3.8) is 0 Å². The lowest BCUT2D eigenvalue weighted by Gasteiger charge is -2.22. The molecule has 2 heterocycles. The van der Waals surface area contributed by atoms with Gasteiger partial charge in [0, 0.05) is 48.6 Å². The Morgan fingerprint density at radius 3 is 2.62 bits per heavy atom. The minimum atomic E-state index is -4.67. The number of carbonyl (C=O) groups excluding carboxylic acids is 1. The highest BCUT2D eigenvalue weighted by Gasteiger charge is 2.45. The van der Waals surface area contributed by atoms with E-state index in [9.17, 15) is 23.1 Å². The van der Waals surface area contributed by atoms with Crippen LogP contribution in [0.4, 0.5) is 18.9 Å². The number of halogens is 3. The molecule has 0 aliphatic heterocycles. The molecule has 0 bridgehead atoms. The number of aromatic nitrogens is 3. The van der Waals surface area contributed by atoms with Crippen molar-refractivity contribution in [1.82, 2.24) is 14.8 Å². The maximum Gasteiger partial charge on any atom is 0.433 e. The number of carbonyl (C=O) groups is 1. The Bertz CT molecular complexity index is 1180. The van der Waals surface area contributed by atoms with E-state index in [4.69, 9.17) is 5.11 Å². The molecule has 7 nitrogen and oxygen atoms in total. The Kier molecular flexibility index (Phi) is 5.25. The summed E-state index contributed by atoms with van der Waals surface area (Å²) in [5.41, 5.74) is -2.03. The number of alkyl halides is 3. The van der Waals surface area contributed by atoms with Gasteiger partial charge in [-0.1, -0.05) is 6.07 Å². The first-order chi connectivity index (χ1) is 14.8. The van der Waals surface area contributed by atoms with E-state index in [0.29, 0.717) is 29.4 Å². The van der Waals surface area contributed by atoms with Crippen LogP contribution in [0.3, 0.4) is 0 Å². The molecule has 0 atom stereocenters. The van der Waals surface area contributed by atoms with Crippen LogP contribution in [-0.2, 0) is 18.3 Å². The van der Waals surface area contributed by atoms with Gasteiger partial charge in [-0.15, -0.1) is 0 Å². The number of anilines is 1. The van der Waals surface area contributed by atoms with Gasteiger partial charge in [-0.25, -0.2) is 4.98 Å². The third-order valence-electron chi connectivity index (χ3n) is 5.54. The van der Waals surface area contributed by atoms with Crippen molar-refractivity contribution < 1.29 is 28.2 Å². The van der Waals surface area contributed by atoms with Crippen LogP contribution in [0.2, 0.25) is 0 Å². The van der Waals surface area contributed by atoms with Gasteiger partial charge in [-0.2, -0.15) is 18.3 Å². The molecule has 4 N–H and O–H groups in total. The summed E-state index contributed by atoms with van der Waals surface area (Å²) < 4.78 is 40.6. The molecule has 0 saturated heterocycles. The molecular weight excluding hydrogens is 425 g/mol. The Balaban J connectivity index is 1.65. The molecule has 0 unspecified atom stereocenters. The fourth-order valence-corrected chi connectivity index (χ4v) is 3.48. The number of nitrogens with one attached hydrogen (secondary N) is 1. The van der Waals surface area contributed by atoms with Gasteiger partial charge in [0.15, 0.2) is 5.60 Å². The first kappa shape index (κ1) is 22.2. The van der Waals surface area contributed by atoms with Gasteiger partial charge in [-0.05, 0) is 38.1 Å². The molecule has 0 radical (unpaired) electrons. The number of hydrogen-bond acceptors (Lipinski definition) is 4. The Hall–Kier alpha value is -2.98. The van der Waals surface area contributed by atoms with E-state index in [1.54, 1.807) is 36.9 Å². The van der Waals surface area contributed by atoms with Gasteiger partial charge in [0.25, 0.3) is 5.91 Å². The SMILES string of the molecule is CC(C)(O)c1cc2nn(CCC3([OH2+])CC3)cc2cc1NC(=O)c1cccc(C(F)(F)F)n1. The fraction of sp³-hybridized carbons (Fsp3) is 0.409. The second kappa shape index (κ2) is 7.56. The zero-order chi connectivity index (χ0) is 23.3. The topological polar surface area (TPSA) is 103 Å². The highest BCUT2D eigenvalue weighted by molar-refractivity contribution is 6.04. The quantitative estimate of drug-likeness (QED) is 0.562. The van der Waals surface area contributed by atoms with Gasteiger partial charge in [-0.3, -0.25) is 9.48 Å². The minimum absolute atomic E-state index is 0.257. The smallest absolute Gasteiger partial charge is 0.433 e. The maximum absolute atomic E-state index is 12.9. The number of fused-ring (bicyclic) bond motifs is 1. The molecule has 10 heteroatoms. The number of aliphatic hydroxyl groups is 1. The van der Waals surface area contributed by atoms with Crippen molar-refractivity contribution in [3.8, 4) is 0 Å². The molecule has 1 amide bonds. The summed E-state index contributed by atoms with van der Waals surface area (Å²) in [5.74, 6) is -0.821. The van der Waals surface area contributed by atoms with Crippen LogP contribution < -0.4 is 5.32 Å². The Labute approximate surface area is 181 Å². The highest BCUT2D eigenvalue weighted by atomic mass is 19.4. The lowest BCUT2D eigenvalue weighted by Crippen LogP contribution is -2.22. The van der Waals surface area contributed by atoms with E-state index in [2.05, 4.69) is 15.4 Å². The van der Waals surface area contributed by atoms with E-state index in [1.165, 1.54) is 6.07 Å². The molecule has 170 valence electrons. The van der Waals surface area contributed by atoms with Crippen molar-refractivity contribution in [1.29, 1.82) is 0 Å². The average Bonchev–Trinajstić information content (AvgIpc) is 3.30. The number of nitrogens with zero attached hydrogens (tertiary/aromatic N) is 3. The van der Waals surface area contributed by atoms with Gasteiger partial charge in [0.1, 0.15) is 11.4 Å². The van der Waals surface area contributed by atoms with E-state index in [0.717, 1.165) is 25.0 Å². The Morgan fingerprint density at radius 1 is 1.28 bits per heavy atom. The molecule has 1 saturated carbocycles. The Morgan fingerprint density at radius 2 is 2.00 bits per heavy atom. The highest BCUT2D eigenvalue weighted by Crippen LogP contribution is 2.39. The van der Waals surface area contributed by atoms with Crippen molar-refractivity contribution in [2.45, 2.75) is 57.0 Å². The van der Waals surface area contributed by atoms with Crippen LogP contribution in [0.1, 0.15) is 54.9 Å². The lowest BCUT2D eigenvalue weighted by atomic mass is 9.95. The minimum Gasteiger partial charge on any atom is -0.441 e. The summed E-state index contributed by atoms with van der Waals surface area (Å²) >= 11 is 0. The maximum atomic E-state index is 12.9. The van der Waals surface area contributed by atoms with Crippen LogP contribution in [0, 0.1) is 0 Å². The average molecular weight is 449 g/mol. The van der Waals surface area contributed by atoms with Gasteiger partial charge in [0.05, 0.1) is 11.1 Å². The first-order valence-corrected chi connectivity index (χ1v) is 10.2. The number of rotatable bonds is 6. The number of pyridine rings is 1. The number of amides is 1. The van der Waals surface area contributed by atoms with Crippen molar-refractivity contribution in [3.05, 3.63) is 53.5 Å². The van der Waals surface area contributed by atoms with Gasteiger partial charge >= 0.3 is 6.18 Å². The van der Waals surface area contributed by atoms with Crippen LogP contribution in [0.25, 0.3) is 10.9 Å². The van der Waals surface area contributed by atoms with Crippen molar-refractivity contribution >= 4 is 22.5 Å². The van der Waals surface area contributed by atoms with Crippen LogP contribution >= 0.6 is 0 Å². The molecule has 0 spiro atoms. The number of aryl methyl sites for hydroxylation is 1. The molecule has 3 aromatic rings. The zero-order valence-electron chi connectivity index (χ0n) is 17.6. The van der Waals surface area contributed by atoms with E-state index >= 15 is 0 Å². The molecule has 32 heavy (non-hydrogen) atoms. The van der Waals surface area contributed by atoms with E-state index in [-0.39, 0.29) is 17.0 Å². The normalized spacial score (nSPS) is 15.7. The summed E-state index contributed by atoms with van der Waals surface area (Å²) in [6.45, 7) is 3.66. The lowest BCUT2D eigenvalue weighted by molar-refractivity contribution is -0.141. The molecular formula is C22H24F3N4O3+. The van der Waals surface area contributed by atoms with Crippen LogP contribution in [-0.4, -0.2) is 36.5 Å². The van der Waals surface area contributed by atoms with Crippen LogP contribution in [0.5, 0.6) is 0 Å². The number of benzene rings is 1. The molecule has 1 aliphatic carbocycles. The van der Waals surface area contributed by atoms with Gasteiger partial charge < -0.3 is 15.5 Å². The van der Waals surface area contributed by atoms with E-state index in [1.807, 2.05) is 0 Å². The van der Waals surface area contributed by atoms with Gasteiger partial charge in [0.2, 0.25) is 0 Å². The van der Waals surface area contributed by atoms with Crippen molar-refractivity contribution in [2.75, 3.05) is 5.32 Å². The summed E-state index contributed by atoms with van der Waals surface area (Å²) in [7, 11) is 0. The zero-order valence-corrected chi connectivity index (χ0v) is 17.6. The molecule has 1 aliphatic rings. The number of hydrogen-bond donors (Lipinski definition) is 2. The summed E-state index contributed by atoms with van der Waals surface area (Å²) in [4.78, 5) is 16.1. The van der Waals surface area contributed by atoms with E-state index < -0.39 is 23.4 Å². The molecule has 4 rings (SSSR count). The standard InChI is InChI=1S/C22H23F3N4O3/c1-20(2,31)14-11-16-13(12-29(28-16)9-8-21(32)6-7-21)10-17(14)27-19(30)15-4-3-5-18(26-15)22(23,24)25/h3-5,10-12,31-32H,6-9H2,1-2H3,(H,27,30)/p+1. The third-order valence-corrected chi connectivity index (χ3v) is 5.54. The molecule has 1 fully saturated rings. The third kappa shape index (κ3) is 4.76. The second-order valence-electron chi connectivity index (χ2n) is 8.80. The predicted molar refractivity (Wildman–Crippen MR) is 112 cm³/mol. The van der Waals surface area contributed by atoms with Crippen molar-refractivity contribution in [2.24, 2.45) is 0 Å². The van der Waals surface area contributed by atoms with Crippen LogP contribution in [0.15, 0.2) is 36.5 Å². The molecule has 1 aromatic carbocycles. The molecule has 2 aromatic heterocycles. The fourth-order valence-electron chi connectivity index (χ4n) is 3.48. The summed E-state index contributed by atoms with van der Waals surface area (Å²) in [5, 5.41) is 26.5. The predicted octanol–water partition coefficient (Wildman–Crippen LogP) is 3.58. The monoisotopic (exact) mass is 449 g/mol. The summed E-state index contributed by atoms with van der Waals surface area (Å²) in [6, 6.07) is 6.38. The largest absolute Gasteiger partial charge is 0.441 e. The summed E-state index contributed by atoms with van der Waals surface area (Å²) in [6.07, 6.45) is -0.426.